The standard InChI is InChI=1S/C21H26ClN7.C21H25ClN6.C20H25ClN6.C20H24ClN5.C18H22ClN7/c1-24-20-17(22)13(4-8-25-20)18-19-14(11-26-18)28-16(12-27-19)29-9-6-21(7-10-29)5-2-3-15(21)23;1-13-18(22)14(4-8-24-13)19-20-15(11-25-19)27-17(12-26-20)28-9-6-21(7-10-28)5-2-3-16(21)23;1-12-17(21)14(4-7-23-12)18-19-15(10-24-18)26-16(11-25-19)27-8-5-20(3,6-9-27)13(2)22;1-13-4-3-5-14(17(13)21)18-19-15(10-23-18)25-16(11-24-19)26-8-6-20(2,12-22)7-9-26;1-18(20)4-7-26(8-5-18)13-10-24-16-12(25-13)9-23-15(16)11-3-6-22-17(21-2)14(11)19/h4,8,12,15H,2-3,5-7,9-11,23H2,1H3,(H,24,25);4,8,12,16H,2-3,5-7,9-11,23H2,1H3;4,7,11,13H,5-6,8-10,22H2,1-3H3;3-5,11H,6-10,12,22H2,1-2H3;3,6,10H,4-5,7-9,20H2,1-2H3,(H,21,22)/t15-;16-;;;/m11.../s1. The predicted octanol–water partition coefficient (Wildman–Crippen LogP) is 15.0. The first-order valence-electron chi connectivity index (χ1n) is 47.7. The van der Waals surface area contributed by atoms with Gasteiger partial charge >= 0.3 is 0 Å². The van der Waals surface area contributed by atoms with Gasteiger partial charge in [-0.25, -0.2) is 59.8 Å². The lowest BCUT2D eigenvalue weighted by atomic mass is 9.74. The van der Waals surface area contributed by atoms with Crippen LogP contribution in [0.5, 0.6) is 0 Å². The number of anilines is 7. The summed E-state index contributed by atoms with van der Waals surface area (Å²) >= 11 is 32.3. The zero-order valence-electron chi connectivity index (χ0n) is 79.1. The van der Waals surface area contributed by atoms with E-state index >= 15 is 0 Å². The monoisotopic (exact) mass is 1930 g/mol. The number of aromatic nitrogens is 14. The number of hydrogen-bond donors (Lipinski definition) is 7. The van der Waals surface area contributed by atoms with Gasteiger partial charge in [-0.2, -0.15) is 0 Å². The fourth-order valence-electron chi connectivity index (χ4n) is 20.9. The van der Waals surface area contributed by atoms with Gasteiger partial charge in [-0.1, -0.05) is 103 Å². The van der Waals surface area contributed by atoms with Gasteiger partial charge in [-0.3, -0.25) is 34.9 Å². The van der Waals surface area contributed by atoms with Gasteiger partial charge in [0.25, 0.3) is 0 Å². The highest BCUT2D eigenvalue weighted by Crippen LogP contribution is 2.49. The summed E-state index contributed by atoms with van der Waals surface area (Å²) in [5.74, 6) is 5.92. The zero-order chi connectivity index (χ0) is 95.1. The molecular weight excluding hydrogens is 1810 g/mol. The van der Waals surface area contributed by atoms with E-state index < -0.39 is 0 Å². The molecule has 31 nitrogen and oxygen atoms in total. The summed E-state index contributed by atoms with van der Waals surface area (Å²) in [6, 6.07) is 14.5. The Morgan fingerprint density at radius 2 is 0.676 bits per heavy atom. The van der Waals surface area contributed by atoms with E-state index in [1.165, 1.54) is 38.5 Å². The Bertz CT molecular complexity index is 6290. The van der Waals surface area contributed by atoms with E-state index in [-0.39, 0.29) is 22.4 Å². The van der Waals surface area contributed by atoms with Crippen molar-refractivity contribution < 1.29 is 0 Å². The number of nitrogens with one attached hydrogen (secondary N) is 2. The van der Waals surface area contributed by atoms with Gasteiger partial charge in [0.1, 0.15) is 69.2 Å². The van der Waals surface area contributed by atoms with Crippen LogP contribution < -0.4 is 63.8 Å². The molecule has 3 atom stereocenters. The minimum atomic E-state index is -0.0833. The summed E-state index contributed by atoms with van der Waals surface area (Å²) in [6.07, 6.45) is 34.5. The smallest absolute Gasteiger partial charge is 0.147 e. The van der Waals surface area contributed by atoms with Crippen molar-refractivity contribution in [1.29, 1.82) is 0 Å². The van der Waals surface area contributed by atoms with Gasteiger partial charge in [-0.15, -0.1) is 0 Å². The number of nitrogens with zero attached hydrogens (tertiary/aromatic N) is 24. The largest absolute Gasteiger partial charge is 0.372 e. The molecule has 136 heavy (non-hydrogen) atoms. The Kier molecular flexibility index (Phi) is 28.2. The van der Waals surface area contributed by atoms with Crippen LogP contribution in [0.25, 0.3) is 0 Å². The summed E-state index contributed by atoms with van der Waals surface area (Å²) in [4.78, 5) is 99.6. The molecule has 7 fully saturated rings. The SMILES string of the molecule is CNc1nccc(C2=NCc3nc(N4CCC(C)(N)CC4)cnc32)c1Cl.CNc1nccc(C2=NCc3nc(N4CCC5(CCC[C@H]5N)CC4)cnc32)c1Cl.Cc1cccc(C2=NCc3nc(N4CCC(C)(CN)CC4)cnc32)c1Cl.Cc1nccc(C2=NCc3nc(N4CCC(C)(C(C)N)CC4)cnc32)c1Cl.Cc1nccc(C2=NCc3nc(N4CCC5(CCC[C@H]5N)CC4)cnc32)c1Cl. The maximum absolute atomic E-state index is 6.51. The van der Waals surface area contributed by atoms with Crippen molar-refractivity contribution in [1.82, 2.24) is 69.8 Å². The molecule has 5 saturated heterocycles. The summed E-state index contributed by atoms with van der Waals surface area (Å²) in [5, 5.41) is 9.10. The Balaban J connectivity index is 0.000000113. The lowest BCUT2D eigenvalue weighted by molar-refractivity contribution is 0.197. The highest BCUT2D eigenvalue weighted by molar-refractivity contribution is 6.39. The van der Waals surface area contributed by atoms with Crippen LogP contribution in [0, 0.1) is 42.4 Å². The van der Waals surface area contributed by atoms with Crippen LogP contribution in [0.1, 0.15) is 232 Å². The molecule has 10 aliphatic heterocycles. The summed E-state index contributed by atoms with van der Waals surface area (Å²) < 4.78 is 0. The quantitative estimate of drug-likeness (QED) is 0.0531. The van der Waals surface area contributed by atoms with Crippen molar-refractivity contribution in [3.8, 4) is 0 Å². The van der Waals surface area contributed by atoms with Crippen molar-refractivity contribution >= 4 is 127 Å². The van der Waals surface area contributed by atoms with E-state index in [2.05, 4.69) is 113 Å². The number of aryl methyl sites for hydroxylation is 3. The lowest BCUT2D eigenvalue weighted by Gasteiger charge is -2.42. The second-order valence-corrected chi connectivity index (χ2v) is 41.1. The summed E-state index contributed by atoms with van der Waals surface area (Å²) in [5.41, 5.74) is 51.9. The maximum Gasteiger partial charge on any atom is 0.147 e. The van der Waals surface area contributed by atoms with Crippen LogP contribution in [0.3, 0.4) is 0 Å². The number of benzene rings is 1. The molecule has 2 aliphatic carbocycles. The van der Waals surface area contributed by atoms with E-state index in [4.69, 9.17) is 132 Å². The molecule has 0 bridgehead atoms. The number of aliphatic imine (C=N–C) groups is 5. The molecule has 36 heteroatoms. The van der Waals surface area contributed by atoms with Crippen LogP contribution in [0.4, 0.5) is 40.7 Å². The van der Waals surface area contributed by atoms with Crippen molar-refractivity contribution in [2.45, 2.75) is 208 Å². The highest BCUT2D eigenvalue weighted by atomic mass is 35.5. The molecule has 9 aromatic heterocycles. The summed E-state index contributed by atoms with van der Waals surface area (Å²) in [7, 11) is 3.59. The van der Waals surface area contributed by atoms with Crippen molar-refractivity contribution in [2.75, 3.05) is 121 Å². The molecule has 12 N–H and O–H groups in total. The Hall–Kier alpha value is -10.6. The van der Waals surface area contributed by atoms with Crippen molar-refractivity contribution in [3.05, 3.63) is 225 Å². The molecule has 12 aliphatic rings. The van der Waals surface area contributed by atoms with Crippen molar-refractivity contribution in [3.63, 3.8) is 0 Å². The molecule has 2 spiro atoms. The molecule has 712 valence electrons. The Morgan fingerprint density at radius 1 is 0.382 bits per heavy atom. The van der Waals surface area contributed by atoms with E-state index in [9.17, 15) is 0 Å². The third-order valence-electron chi connectivity index (χ3n) is 30.5. The molecule has 0 amide bonds. The van der Waals surface area contributed by atoms with Crippen LogP contribution in [-0.4, -0.2) is 208 Å². The fraction of sp³-hybridized carbons (Fsp3) is 0.490. The minimum absolute atomic E-state index is 0.0833. The predicted molar refractivity (Wildman–Crippen MR) is 546 cm³/mol. The van der Waals surface area contributed by atoms with Gasteiger partial charge in [0.05, 0.1) is 157 Å². The second kappa shape index (κ2) is 40.1. The summed E-state index contributed by atoms with van der Waals surface area (Å²) in [6.45, 7) is 27.6. The van der Waals surface area contributed by atoms with Crippen LogP contribution in [-0.2, 0) is 32.7 Å². The number of piperidine rings is 5. The van der Waals surface area contributed by atoms with Gasteiger partial charge in [0, 0.05) is 156 Å². The average molecular weight is 1940 g/mol. The Labute approximate surface area is 820 Å². The van der Waals surface area contributed by atoms with Gasteiger partial charge in [-0.05, 0) is 183 Å². The molecule has 0 radical (unpaired) electrons. The van der Waals surface area contributed by atoms with Gasteiger partial charge in [0.2, 0.25) is 0 Å². The lowest BCUT2D eigenvalue weighted by Crippen LogP contribution is -2.48. The van der Waals surface area contributed by atoms with Crippen molar-refractivity contribution in [2.24, 2.45) is 75.3 Å². The average Bonchev–Trinajstić information content (AvgIpc) is 1.77. The molecular formula is C100H122Cl5N31. The maximum atomic E-state index is 6.51. The van der Waals surface area contributed by atoms with Crippen LogP contribution >= 0.6 is 58.0 Å². The van der Waals surface area contributed by atoms with Gasteiger partial charge in [0.15, 0.2) is 0 Å². The topological polar surface area (TPSA) is 413 Å². The number of pyridine rings is 4. The molecule has 1 aromatic carbocycles. The molecule has 1 unspecified atom stereocenters. The molecule has 10 aromatic rings. The number of fused-ring (bicyclic) bond motifs is 5. The first-order valence-corrected chi connectivity index (χ1v) is 49.6. The molecule has 22 rings (SSSR count). The van der Waals surface area contributed by atoms with E-state index in [1.54, 1.807) is 38.9 Å². The number of halogens is 5. The fourth-order valence-corrected chi connectivity index (χ4v) is 22.1. The number of rotatable bonds is 14. The molecule has 19 heterocycles. The third-order valence-corrected chi connectivity index (χ3v) is 32.7. The van der Waals surface area contributed by atoms with Crippen LogP contribution in [0.15, 0.2) is 123 Å². The third kappa shape index (κ3) is 19.4. The van der Waals surface area contributed by atoms with Gasteiger partial charge < -0.3 is 63.8 Å². The van der Waals surface area contributed by atoms with Crippen LogP contribution in [0.2, 0.25) is 25.1 Å². The number of hydrogen-bond acceptors (Lipinski definition) is 31. The molecule has 2 saturated carbocycles. The first kappa shape index (κ1) is 95.7. The zero-order valence-corrected chi connectivity index (χ0v) is 82.9. The highest BCUT2D eigenvalue weighted by Gasteiger charge is 2.46. The first-order chi connectivity index (χ1) is 65.6. The van der Waals surface area contributed by atoms with E-state index in [1.807, 2.05) is 94.2 Å². The number of nitrogens with two attached hydrogens (primary N) is 5. The normalized spacial score (nSPS) is 20.6. The minimum Gasteiger partial charge on any atom is -0.372 e. The second-order valence-electron chi connectivity index (χ2n) is 39.2. The van der Waals surface area contributed by atoms with E-state index in [0.29, 0.717) is 87.4 Å². The Morgan fingerprint density at radius 3 is 0.978 bits per heavy atom. The van der Waals surface area contributed by atoms with E-state index in [0.717, 1.165) is 301 Å².